The molecule has 0 aliphatic rings. The van der Waals surface area contributed by atoms with Crippen LogP contribution in [0, 0.1) is 34.6 Å². The lowest BCUT2D eigenvalue weighted by Gasteiger charge is -2.19. The topological polar surface area (TPSA) is 77.8 Å². The van der Waals surface area contributed by atoms with Crippen LogP contribution in [-0.4, -0.2) is 25.8 Å². The SMILES string of the molecule is CCCOc1cc(OCCC)c(-c2cc(F)c(C(=O)Oc3cc(F)c(C#N)c(F)c3)c(F)c2)c(OCCC)c1. The Kier molecular flexibility index (Phi) is 10.1. The lowest BCUT2D eigenvalue weighted by atomic mass is 10.00. The van der Waals surface area contributed by atoms with Crippen molar-refractivity contribution in [3.05, 3.63) is 70.8 Å². The van der Waals surface area contributed by atoms with Gasteiger partial charge in [0.15, 0.2) is 0 Å². The minimum Gasteiger partial charge on any atom is -0.493 e. The summed E-state index contributed by atoms with van der Waals surface area (Å²) < 4.78 is 80.4. The third-order valence-corrected chi connectivity index (χ3v) is 5.31. The summed E-state index contributed by atoms with van der Waals surface area (Å²) in [6, 6.07) is 7.50. The highest BCUT2D eigenvalue weighted by molar-refractivity contribution is 5.93. The van der Waals surface area contributed by atoms with Crippen LogP contribution in [0.2, 0.25) is 0 Å². The zero-order chi connectivity index (χ0) is 28.5. The van der Waals surface area contributed by atoms with Gasteiger partial charge in [0.05, 0.1) is 25.4 Å². The van der Waals surface area contributed by atoms with Gasteiger partial charge in [0.1, 0.15) is 63.5 Å². The average molecular weight is 546 g/mol. The first-order valence-corrected chi connectivity index (χ1v) is 12.4. The number of rotatable bonds is 12. The van der Waals surface area contributed by atoms with E-state index >= 15 is 8.78 Å². The molecular formula is C29H27F4NO5. The van der Waals surface area contributed by atoms with Gasteiger partial charge in [-0.25, -0.2) is 22.4 Å². The van der Waals surface area contributed by atoms with Crippen molar-refractivity contribution in [2.75, 3.05) is 19.8 Å². The Bertz CT molecular complexity index is 1310. The van der Waals surface area contributed by atoms with E-state index in [1.54, 1.807) is 12.1 Å². The number of esters is 1. The maximum absolute atomic E-state index is 15.2. The number of ether oxygens (including phenoxy) is 4. The Labute approximate surface area is 223 Å². The number of hydrogen-bond acceptors (Lipinski definition) is 6. The van der Waals surface area contributed by atoms with Crippen molar-refractivity contribution in [1.29, 1.82) is 5.26 Å². The van der Waals surface area contributed by atoms with E-state index < -0.39 is 46.1 Å². The minimum atomic E-state index is -1.52. The predicted molar refractivity (Wildman–Crippen MR) is 135 cm³/mol. The van der Waals surface area contributed by atoms with E-state index in [9.17, 15) is 13.6 Å². The second-order valence-electron chi connectivity index (χ2n) is 8.42. The number of hydrogen-bond donors (Lipinski definition) is 0. The molecule has 3 aromatic rings. The van der Waals surface area contributed by atoms with Gasteiger partial charge in [-0.3, -0.25) is 0 Å². The minimum absolute atomic E-state index is 0.0243. The second-order valence-corrected chi connectivity index (χ2v) is 8.42. The molecule has 6 nitrogen and oxygen atoms in total. The maximum Gasteiger partial charge on any atom is 0.349 e. The van der Waals surface area contributed by atoms with Gasteiger partial charge < -0.3 is 18.9 Å². The molecule has 0 spiro atoms. The van der Waals surface area contributed by atoms with Crippen LogP contribution < -0.4 is 18.9 Å². The van der Waals surface area contributed by atoms with Gasteiger partial charge in [0.25, 0.3) is 0 Å². The summed E-state index contributed by atoms with van der Waals surface area (Å²) in [6.45, 7) is 6.81. The molecule has 0 atom stereocenters. The van der Waals surface area contributed by atoms with Gasteiger partial charge in [-0.15, -0.1) is 0 Å². The molecule has 3 aromatic carbocycles. The Morgan fingerprint density at radius 3 is 1.67 bits per heavy atom. The zero-order valence-electron chi connectivity index (χ0n) is 21.7. The summed E-state index contributed by atoms with van der Waals surface area (Å²) in [5.41, 5.74) is -1.67. The van der Waals surface area contributed by atoms with Crippen molar-refractivity contribution >= 4 is 5.97 Å². The van der Waals surface area contributed by atoms with Gasteiger partial charge in [-0.05, 0) is 37.0 Å². The fourth-order valence-electron chi connectivity index (χ4n) is 3.59. The van der Waals surface area contributed by atoms with Crippen LogP contribution in [0.5, 0.6) is 23.0 Å². The number of carbonyl (C=O) groups is 1. The van der Waals surface area contributed by atoms with Crippen molar-refractivity contribution in [3.63, 3.8) is 0 Å². The van der Waals surface area contributed by atoms with Gasteiger partial charge in [-0.1, -0.05) is 20.8 Å². The molecule has 0 amide bonds. The average Bonchev–Trinajstić information content (AvgIpc) is 2.88. The van der Waals surface area contributed by atoms with Gasteiger partial charge >= 0.3 is 5.97 Å². The molecule has 0 N–H and O–H groups in total. The Morgan fingerprint density at radius 1 is 0.718 bits per heavy atom. The molecule has 0 aromatic heterocycles. The lowest BCUT2D eigenvalue weighted by Crippen LogP contribution is -2.14. The monoisotopic (exact) mass is 545 g/mol. The van der Waals surface area contributed by atoms with Crippen LogP contribution in [0.25, 0.3) is 11.1 Å². The molecule has 3 rings (SSSR count). The number of benzene rings is 3. The van der Waals surface area contributed by atoms with Gasteiger partial charge in [0, 0.05) is 24.3 Å². The zero-order valence-corrected chi connectivity index (χ0v) is 21.7. The molecule has 0 aliphatic heterocycles. The van der Waals surface area contributed by atoms with Crippen molar-refractivity contribution in [1.82, 2.24) is 0 Å². The normalized spacial score (nSPS) is 10.6. The van der Waals surface area contributed by atoms with Crippen LogP contribution in [-0.2, 0) is 0 Å². The van der Waals surface area contributed by atoms with Gasteiger partial charge in [0.2, 0.25) is 0 Å². The van der Waals surface area contributed by atoms with Crippen molar-refractivity contribution in [2.24, 2.45) is 0 Å². The van der Waals surface area contributed by atoms with E-state index in [4.69, 9.17) is 24.2 Å². The summed E-state index contributed by atoms with van der Waals surface area (Å²) in [6.07, 6.45) is 2.08. The molecule has 0 aliphatic carbocycles. The largest absolute Gasteiger partial charge is 0.493 e. The molecule has 0 saturated heterocycles. The van der Waals surface area contributed by atoms with Crippen molar-refractivity contribution in [2.45, 2.75) is 40.0 Å². The second kappa shape index (κ2) is 13.5. The molecule has 0 radical (unpaired) electrons. The first kappa shape index (κ1) is 29.3. The molecule has 39 heavy (non-hydrogen) atoms. The van der Waals surface area contributed by atoms with Crippen LogP contribution in [0.15, 0.2) is 36.4 Å². The summed E-state index contributed by atoms with van der Waals surface area (Å²) >= 11 is 0. The third-order valence-electron chi connectivity index (χ3n) is 5.31. The quantitative estimate of drug-likeness (QED) is 0.134. The van der Waals surface area contributed by atoms with Crippen molar-refractivity contribution < 1.29 is 41.3 Å². The molecule has 0 bridgehead atoms. The Balaban J connectivity index is 2.06. The van der Waals surface area contributed by atoms with Crippen LogP contribution in [0.1, 0.15) is 56.0 Å². The number of nitriles is 1. The summed E-state index contributed by atoms with van der Waals surface area (Å²) in [5.74, 6) is -6.32. The fourth-order valence-corrected chi connectivity index (χ4v) is 3.59. The first-order chi connectivity index (χ1) is 18.7. The summed E-state index contributed by atoms with van der Waals surface area (Å²) in [7, 11) is 0. The Hall–Kier alpha value is -4.26. The molecule has 10 heteroatoms. The maximum atomic E-state index is 15.2. The molecule has 0 saturated carbocycles. The fraction of sp³-hybridized carbons (Fsp3) is 0.310. The van der Waals surface area contributed by atoms with E-state index in [0.717, 1.165) is 18.6 Å². The standard InChI is InChI=1S/C29H27F4NO5/c1-4-7-36-18-14-25(37-8-5-2)27(26(15-18)38-9-6-3)17-10-23(32)28(24(33)11-17)29(35)39-19-12-21(30)20(16-34)22(31)13-19/h10-15H,4-9H2,1-3H3. The number of carbonyl (C=O) groups excluding carboxylic acids is 1. The molecule has 0 unspecified atom stereocenters. The van der Waals surface area contributed by atoms with E-state index in [-0.39, 0.29) is 22.6 Å². The smallest absolute Gasteiger partial charge is 0.349 e. The first-order valence-electron chi connectivity index (χ1n) is 12.4. The molecule has 0 fully saturated rings. The summed E-state index contributed by atoms with van der Waals surface area (Å²) in [5, 5.41) is 8.77. The highest BCUT2D eigenvalue weighted by Crippen LogP contribution is 2.43. The van der Waals surface area contributed by atoms with E-state index in [0.29, 0.717) is 50.5 Å². The summed E-state index contributed by atoms with van der Waals surface area (Å²) in [4.78, 5) is 12.6. The predicted octanol–water partition coefficient (Wildman–Crippen LogP) is 7.37. The van der Waals surface area contributed by atoms with Gasteiger partial charge in [-0.2, -0.15) is 5.26 Å². The van der Waals surface area contributed by atoms with E-state index in [1.807, 2.05) is 20.8 Å². The Morgan fingerprint density at radius 2 is 1.21 bits per heavy atom. The van der Waals surface area contributed by atoms with Crippen LogP contribution in [0.4, 0.5) is 17.6 Å². The molecular weight excluding hydrogens is 518 g/mol. The highest BCUT2D eigenvalue weighted by Gasteiger charge is 2.25. The third kappa shape index (κ3) is 6.99. The van der Waals surface area contributed by atoms with E-state index in [1.165, 1.54) is 6.07 Å². The molecule has 206 valence electrons. The number of halogens is 4. The van der Waals surface area contributed by atoms with Crippen LogP contribution >= 0.6 is 0 Å². The number of nitrogens with zero attached hydrogens (tertiary/aromatic N) is 1. The van der Waals surface area contributed by atoms with E-state index in [2.05, 4.69) is 0 Å². The molecule has 0 heterocycles. The highest BCUT2D eigenvalue weighted by atomic mass is 19.1. The van der Waals surface area contributed by atoms with Crippen molar-refractivity contribution in [3.8, 4) is 40.2 Å². The van der Waals surface area contributed by atoms with Crippen LogP contribution in [0.3, 0.4) is 0 Å². The lowest BCUT2D eigenvalue weighted by molar-refractivity contribution is 0.0724.